The molecule has 0 heterocycles. The first-order valence-electron chi connectivity index (χ1n) is 6.09. The van der Waals surface area contributed by atoms with Crippen molar-refractivity contribution >= 4 is 27.7 Å². The maximum absolute atomic E-state index is 13.5. The summed E-state index contributed by atoms with van der Waals surface area (Å²) >= 11 is 5.23. The lowest BCUT2D eigenvalue weighted by atomic mass is 10.2. The van der Waals surface area contributed by atoms with Gasteiger partial charge in [-0.3, -0.25) is 0 Å². The molecule has 0 N–H and O–H groups in total. The van der Waals surface area contributed by atoms with Gasteiger partial charge >= 0.3 is 0 Å². The fourth-order valence-corrected chi connectivity index (χ4v) is 2.74. The molecule has 0 unspecified atom stereocenters. The maximum Gasteiger partial charge on any atom is 0.168 e. The lowest BCUT2D eigenvalue weighted by molar-refractivity contribution is 0.435. The third-order valence-electron chi connectivity index (χ3n) is 2.58. The van der Waals surface area contributed by atoms with Gasteiger partial charge in [0.15, 0.2) is 11.6 Å². The van der Waals surface area contributed by atoms with Crippen LogP contribution in [0.3, 0.4) is 0 Å². The van der Waals surface area contributed by atoms with E-state index >= 15 is 0 Å². The van der Waals surface area contributed by atoms with Crippen LogP contribution in [-0.2, 0) is 5.75 Å². The summed E-state index contributed by atoms with van der Waals surface area (Å²) in [5.41, 5.74) is 1.16. The molecule has 106 valence electrons. The molecule has 0 radical (unpaired) electrons. The van der Waals surface area contributed by atoms with Gasteiger partial charge in [0.05, 0.1) is 4.47 Å². The second-order valence-corrected chi connectivity index (χ2v) is 6.21. The van der Waals surface area contributed by atoms with Gasteiger partial charge in [0.25, 0.3) is 0 Å². The Balaban J connectivity index is 2.17. The second-order valence-electron chi connectivity index (χ2n) is 4.08. The van der Waals surface area contributed by atoms with E-state index in [1.165, 1.54) is 12.1 Å². The number of halogens is 3. The van der Waals surface area contributed by atoms with E-state index in [1.54, 1.807) is 6.07 Å². The smallest absolute Gasteiger partial charge is 0.168 e. The Morgan fingerprint density at radius 1 is 1.10 bits per heavy atom. The van der Waals surface area contributed by atoms with Gasteiger partial charge in [0.2, 0.25) is 0 Å². The van der Waals surface area contributed by atoms with E-state index in [-0.39, 0.29) is 5.75 Å². The molecule has 0 aliphatic carbocycles. The van der Waals surface area contributed by atoms with Crippen LogP contribution in [0.5, 0.6) is 11.5 Å². The van der Waals surface area contributed by atoms with Crippen LogP contribution in [0.1, 0.15) is 12.5 Å². The molecular weight excluding hydrogens is 346 g/mol. The first-order valence-corrected chi connectivity index (χ1v) is 8.04. The van der Waals surface area contributed by atoms with Crippen molar-refractivity contribution in [3.8, 4) is 11.5 Å². The highest BCUT2D eigenvalue weighted by Gasteiger charge is 2.09. The molecule has 0 atom stereocenters. The van der Waals surface area contributed by atoms with Crippen molar-refractivity contribution in [2.75, 3.05) is 5.75 Å². The zero-order valence-corrected chi connectivity index (χ0v) is 13.2. The van der Waals surface area contributed by atoms with Crippen molar-refractivity contribution in [1.82, 2.24) is 0 Å². The van der Waals surface area contributed by atoms with Crippen molar-refractivity contribution in [2.24, 2.45) is 0 Å². The first-order chi connectivity index (χ1) is 9.60. The molecule has 0 aromatic heterocycles. The Labute approximate surface area is 129 Å². The van der Waals surface area contributed by atoms with Gasteiger partial charge in [-0.25, -0.2) is 8.78 Å². The Bertz CT molecular complexity index is 604. The standard InChI is InChI=1S/C15H13BrF2OS/c1-2-20-9-10-3-5-14(12(16)7-10)19-15-6-4-11(17)8-13(15)18/h3-8H,2,9H2,1H3. The molecule has 2 rings (SSSR count). The van der Waals surface area contributed by atoms with Crippen LogP contribution in [0.2, 0.25) is 0 Å². The van der Waals surface area contributed by atoms with Gasteiger partial charge in [-0.15, -0.1) is 0 Å². The van der Waals surface area contributed by atoms with E-state index in [4.69, 9.17) is 4.74 Å². The summed E-state index contributed by atoms with van der Waals surface area (Å²) in [6.07, 6.45) is 0. The number of ether oxygens (including phenoxy) is 1. The van der Waals surface area contributed by atoms with Crippen LogP contribution < -0.4 is 4.74 Å². The monoisotopic (exact) mass is 358 g/mol. The molecule has 2 aromatic rings. The summed E-state index contributed by atoms with van der Waals surface area (Å²) in [5.74, 6) is 1.13. The van der Waals surface area contributed by atoms with Gasteiger partial charge in [-0.1, -0.05) is 13.0 Å². The third kappa shape index (κ3) is 3.96. The van der Waals surface area contributed by atoms with Crippen molar-refractivity contribution < 1.29 is 13.5 Å². The van der Waals surface area contributed by atoms with Crippen molar-refractivity contribution in [2.45, 2.75) is 12.7 Å². The number of benzene rings is 2. The van der Waals surface area contributed by atoms with Gasteiger partial charge in [-0.05, 0) is 51.5 Å². The van der Waals surface area contributed by atoms with Crippen LogP contribution in [0.4, 0.5) is 8.78 Å². The minimum absolute atomic E-state index is 0.00258. The van der Waals surface area contributed by atoms with E-state index < -0.39 is 11.6 Å². The number of rotatable bonds is 5. The minimum Gasteiger partial charge on any atom is -0.453 e. The van der Waals surface area contributed by atoms with Crippen molar-refractivity contribution in [3.63, 3.8) is 0 Å². The normalized spacial score (nSPS) is 10.6. The van der Waals surface area contributed by atoms with Gasteiger partial charge in [0.1, 0.15) is 11.6 Å². The summed E-state index contributed by atoms with van der Waals surface area (Å²) in [4.78, 5) is 0. The van der Waals surface area contributed by atoms with E-state index in [2.05, 4.69) is 22.9 Å². The highest BCUT2D eigenvalue weighted by molar-refractivity contribution is 9.10. The number of thioether (sulfide) groups is 1. The van der Waals surface area contributed by atoms with Gasteiger partial charge in [-0.2, -0.15) is 11.8 Å². The fourth-order valence-electron chi connectivity index (χ4n) is 1.61. The largest absolute Gasteiger partial charge is 0.453 e. The van der Waals surface area contributed by atoms with Gasteiger partial charge in [0, 0.05) is 11.8 Å². The average molecular weight is 359 g/mol. The molecule has 20 heavy (non-hydrogen) atoms. The summed E-state index contributed by atoms with van der Waals surface area (Å²) in [6.45, 7) is 2.11. The molecule has 0 aliphatic heterocycles. The first kappa shape index (κ1) is 15.3. The number of hydrogen-bond acceptors (Lipinski definition) is 2. The minimum atomic E-state index is -0.720. The molecule has 1 nitrogen and oxygen atoms in total. The van der Waals surface area contributed by atoms with E-state index in [0.29, 0.717) is 5.75 Å². The Kier molecular flexibility index (Phi) is 5.43. The van der Waals surface area contributed by atoms with Crippen molar-refractivity contribution in [1.29, 1.82) is 0 Å². The summed E-state index contributed by atoms with van der Waals surface area (Å²) < 4.78 is 32.6. The molecule has 0 saturated heterocycles. The maximum atomic E-state index is 13.5. The SMILES string of the molecule is CCSCc1ccc(Oc2ccc(F)cc2F)c(Br)c1. The molecule has 0 bridgehead atoms. The average Bonchev–Trinajstić information content (AvgIpc) is 2.42. The van der Waals surface area contributed by atoms with Crippen LogP contribution in [0.15, 0.2) is 40.9 Å². The van der Waals surface area contributed by atoms with Crippen LogP contribution in [-0.4, -0.2) is 5.75 Å². The molecule has 0 amide bonds. The fraction of sp³-hybridized carbons (Fsp3) is 0.200. The van der Waals surface area contributed by atoms with Crippen molar-refractivity contribution in [3.05, 3.63) is 58.1 Å². The molecule has 5 heteroatoms. The Morgan fingerprint density at radius 2 is 1.85 bits per heavy atom. The second kappa shape index (κ2) is 7.09. The molecule has 2 aromatic carbocycles. The summed E-state index contributed by atoms with van der Waals surface area (Å²) in [6, 6.07) is 8.90. The molecule has 0 aliphatic rings. The molecule has 0 saturated carbocycles. The molecular formula is C15H13BrF2OS. The lowest BCUT2D eigenvalue weighted by Crippen LogP contribution is -1.91. The van der Waals surface area contributed by atoms with Crippen LogP contribution in [0, 0.1) is 11.6 Å². The highest BCUT2D eigenvalue weighted by atomic mass is 79.9. The molecule has 0 fully saturated rings. The summed E-state index contributed by atoms with van der Waals surface area (Å²) in [5, 5.41) is 0. The summed E-state index contributed by atoms with van der Waals surface area (Å²) in [7, 11) is 0. The zero-order chi connectivity index (χ0) is 14.5. The quantitative estimate of drug-likeness (QED) is 0.670. The van der Waals surface area contributed by atoms with Crippen LogP contribution in [0.25, 0.3) is 0 Å². The predicted octanol–water partition coefficient (Wildman–Crippen LogP) is 5.77. The number of hydrogen-bond donors (Lipinski definition) is 0. The molecule has 0 spiro atoms. The van der Waals surface area contributed by atoms with Gasteiger partial charge < -0.3 is 4.74 Å². The highest BCUT2D eigenvalue weighted by Crippen LogP contribution is 2.32. The lowest BCUT2D eigenvalue weighted by Gasteiger charge is -2.10. The third-order valence-corrected chi connectivity index (χ3v) is 4.15. The topological polar surface area (TPSA) is 9.23 Å². The Morgan fingerprint density at radius 3 is 2.50 bits per heavy atom. The van der Waals surface area contributed by atoms with E-state index in [1.807, 2.05) is 23.9 Å². The predicted molar refractivity (Wildman–Crippen MR) is 82.4 cm³/mol. The Hall–Kier alpha value is -1.07. The van der Waals surface area contributed by atoms with E-state index in [0.717, 1.165) is 27.6 Å². The van der Waals surface area contributed by atoms with Crippen LogP contribution >= 0.6 is 27.7 Å². The van der Waals surface area contributed by atoms with E-state index in [9.17, 15) is 8.78 Å². The zero-order valence-electron chi connectivity index (χ0n) is 10.8.